The predicted molar refractivity (Wildman–Crippen MR) is 90.2 cm³/mol. The maximum atomic E-state index is 11.9. The monoisotopic (exact) mass is 340 g/mol. The molecule has 0 aliphatic heterocycles. The Kier molecular flexibility index (Phi) is 6.32. The molecule has 0 aliphatic rings. The summed E-state index contributed by atoms with van der Waals surface area (Å²) in [6.45, 7) is 6.69. The topological polar surface area (TPSA) is 92.3 Å². The number of nitrogens with one attached hydrogen (secondary N) is 2. The van der Waals surface area contributed by atoms with Gasteiger partial charge < -0.3 is 10.6 Å². The quantitative estimate of drug-likeness (QED) is 0.774. The zero-order valence-corrected chi connectivity index (χ0v) is 14.8. The number of hydrogen-bond acceptors (Lipinski definition) is 4. The minimum Gasteiger partial charge on any atom is -0.337 e. The van der Waals surface area contributed by atoms with Crippen LogP contribution >= 0.6 is 0 Å². The van der Waals surface area contributed by atoms with E-state index in [1.807, 2.05) is 0 Å². The van der Waals surface area contributed by atoms with Gasteiger partial charge in [0, 0.05) is 18.7 Å². The molecule has 1 rings (SSSR count). The van der Waals surface area contributed by atoms with Gasteiger partial charge in [-0.3, -0.25) is 4.79 Å². The Morgan fingerprint density at radius 1 is 1.13 bits per heavy atom. The van der Waals surface area contributed by atoms with Crippen LogP contribution in [0.25, 0.3) is 0 Å². The largest absolute Gasteiger partial charge is 0.337 e. The summed E-state index contributed by atoms with van der Waals surface area (Å²) in [6, 6.07) is 6.54. The highest BCUT2D eigenvalue weighted by Gasteiger charge is 2.28. The van der Waals surface area contributed by atoms with E-state index in [0.29, 0.717) is 5.56 Å². The van der Waals surface area contributed by atoms with Gasteiger partial charge in [0.1, 0.15) is 0 Å². The molecule has 128 valence electrons. The smallest absolute Gasteiger partial charge is 0.315 e. The third-order valence-corrected chi connectivity index (χ3v) is 5.98. The highest BCUT2D eigenvalue weighted by atomic mass is 32.2. The molecule has 0 bridgehead atoms. The lowest BCUT2D eigenvalue weighted by Crippen LogP contribution is -2.40. The molecule has 2 amide bonds. The molecule has 1 aromatic carbocycles. The van der Waals surface area contributed by atoms with Gasteiger partial charge in [0.15, 0.2) is 15.6 Å². The van der Waals surface area contributed by atoms with E-state index in [0.717, 1.165) is 5.56 Å². The second kappa shape index (κ2) is 7.59. The van der Waals surface area contributed by atoms with Crippen LogP contribution in [0, 0.1) is 0 Å². The van der Waals surface area contributed by atoms with Crippen LogP contribution in [0.15, 0.2) is 24.3 Å². The van der Waals surface area contributed by atoms with Gasteiger partial charge in [-0.05, 0) is 39.3 Å². The van der Waals surface area contributed by atoms with Crippen LogP contribution in [-0.2, 0) is 16.4 Å². The van der Waals surface area contributed by atoms with Crippen molar-refractivity contribution >= 4 is 21.7 Å². The number of ketones is 1. The molecule has 0 fully saturated rings. The highest BCUT2D eigenvalue weighted by molar-refractivity contribution is 7.92. The maximum absolute atomic E-state index is 11.9. The van der Waals surface area contributed by atoms with Gasteiger partial charge in [0.2, 0.25) is 0 Å². The van der Waals surface area contributed by atoms with E-state index in [4.69, 9.17) is 0 Å². The van der Waals surface area contributed by atoms with Crippen molar-refractivity contribution in [2.24, 2.45) is 0 Å². The third kappa shape index (κ3) is 6.02. The lowest BCUT2D eigenvalue weighted by atomic mass is 10.1. The second-order valence-electron chi connectivity index (χ2n) is 6.30. The number of carbonyl (C=O) groups excluding carboxylic acids is 2. The first-order chi connectivity index (χ1) is 10.5. The molecule has 0 saturated heterocycles. The Bertz CT molecular complexity index is 676. The van der Waals surface area contributed by atoms with E-state index in [2.05, 4.69) is 10.6 Å². The summed E-state index contributed by atoms with van der Waals surface area (Å²) >= 11 is 0. The first-order valence-corrected chi connectivity index (χ1v) is 9.02. The van der Waals surface area contributed by atoms with Crippen molar-refractivity contribution in [3.8, 4) is 0 Å². The zero-order chi connectivity index (χ0) is 17.7. The molecule has 1 aromatic rings. The van der Waals surface area contributed by atoms with Crippen LogP contribution in [0.3, 0.4) is 0 Å². The van der Waals surface area contributed by atoms with E-state index in [1.54, 1.807) is 45.0 Å². The third-order valence-electron chi connectivity index (χ3n) is 3.38. The summed E-state index contributed by atoms with van der Waals surface area (Å²) in [5.41, 5.74) is 1.39. The summed E-state index contributed by atoms with van der Waals surface area (Å²) in [4.78, 5) is 23.0. The lowest BCUT2D eigenvalue weighted by molar-refractivity contribution is 0.101. The van der Waals surface area contributed by atoms with E-state index < -0.39 is 20.6 Å². The van der Waals surface area contributed by atoms with Gasteiger partial charge >= 0.3 is 6.03 Å². The predicted octanol–water partition coefficient (Wildman–Crippen LogP) is 1.90. The molecule has 23 heavy (non-hydrogen) atoms. The Balaban J connectivity index is 2.44. The fraction of sp³-hybridized carbons (Fsp3) is 0.500. The maximum Gasteiger partial charge on any atom is 0.315 e. The number of sulfone groups is 1. The number of hydrogen-bond donors (Lipinski definition) is 2. The molecule has 0 saturated carbocycles. The average molecular weight is 340 g/mol. The minimum atomic E-state index is -3.26. The molecule has 0 radical (unpaired) electrons. The molecule has 0 atom stereocenters. The van der Waals surface area contributed by atoms with Crippen molar-refractivity contribution in [3.05, 3.63) is 35.4 Å². The molecule has 6 nitrogen and oxygen atoms in total. The van der Waals surface area contributed by atoms with Crippen LogP contribution in [0.5, 0.6) is 0 Å². The SMILES string of the molecule is CC(=O)c1cccc(CNC(=O)NCCS(=O)(=O)C(C)(C)C)c1. The van der Waals surface area contributed by atoms with Gasteiger partial charge in [-0.1, -0.05) is 18.2 Å². The fourth-order valence-corrected chi connectivity index (χ4v) is 2.73. The van der Waals surface area contributed by atoms with Crippen molar-refractivity contribution in [2.75, 3.05) is 12.3 Å². The average Bonchev–Trinajstić information content (AvgIpc) is 2.44. The summed E-state index contributed by atoms with van der Waals surface area (Å²) in [7, 11) is -3.26. The van der Waals surface area contributed by atoms with Gasteiger partial charge in [0.05, 0.1) is 10.5 Å². The van der Waals surface area contributed by atoms with Crippen LogP contribution in [0.2, 0.25) is 0 Å². The van der Waals surface area contributed by atoms with Gasteiger partial charge in [0.25, 0.3) is 0 Å². The van der Waals surface area contributed by atoms with Gasteiger partial charge in [-0.25, -0.2) is 13.2 Å². The zero-order valence-electron chi connectivity index (χ0n) is 14.0. The van der Waals surface area contributed by atoms with Crippen LogP contribution < -0.4 is 10.6 Å². The number of urea groups is 1. The summed E-state index contributed by atoms with van der Waals surface area (Å²) in [6.07, 6.45) is 0. The number of carbonyl (C=O) groups is 2. The first-order valence-electron chi connectivity index (χ1n) is 7.37. The molecule has 0 unspecified atom stereocenters. The van der Waals surface area contributed by atoms with Crippen molar-refractivity contribution < 1.29 is 18.0 Å². The van der Waals surface area contributed by atoms with E-state index in [9.17, 15) is 18.0 Å². The first kappa shape index (κ1) is 19.2. The van der Waals surface area contributed by atoms with Crippen molar-refractivity contribution in [1.82, 2.24) is 10.6 Å². The fourth-order valence-electron chi connectivity index (χ4n) is 1.75. The van der Waals surface area contributed by atoms with Crippen molar-refractivity contribution in [2.45, 2.75) is 39.0 Å². The summed E-state index contributed by atoms with van der Waals surface area (Å²) in [5.74, 6) is -0.146. The van der Waals surface area contributed by atoms with Crippen LogP contribution in [0.1, 0.15) is 43.6 Å². The van der Waals surface area contributed by atoms with Crippen LogP contribution in [0.4, 0.5) is 4.79 Å². The number of benzene rings is 1. The molecule has 0 aliphatic carbocycles. The van der Waals surface area contributed by atoms with E-state index in [1.165, 1.54) is 6.92 Å². The normalized spacial score (nSPS) is 11.8. The highest BCUT2D eigenvalue weighted by Crippen LogP contribution is 2.15. The minimum absolute atomic E-state index is 0.0383. The van der Waals surface area contributed by atoms with Crippen LogP contribution in [-0.4, -0.2) is 37.3 Å². The van der Waals surface area contributed by atoms with Crippen molar-refractivity contribution in [1.29, 1.82) is 0 Å². The van der Waals surface area contributed by atoms with E-state index >= 15 is 0 Å². The Morgan fingerprint density at radius 3 is 2.35 bits per heavy atom. The molecule has 0 aromatic heterocycles. The Morgan fingerprint density at radius 2 is 1.78 bits per heavy atom. The van der Waals surface area contributed by atoms with E-state index in [-0.39, 0.29) is 24.6 Å². The second-order valence-corrected chi connectivity index (χ2v) is 9.16. The summed E-state index contributed by atoms with van der Waals surface area (Å²) in [5, 5.41) is 5.16. The van der Waals surface area contributed by atoms with Gasteiger partial charge in [-0.15, -0.1) is 0 Å². The molecular weight excluding hydrogens is 316 g/mol. The number of amides is 2. The Labute approximate surface area is 137 Å². The summed E-state index contributed by atoms with van der Waals surface area (Å²) < 4.78 is 23.0. The molecular formula is C16H24N2O4S. The molecule has 2 N–H and O–H groups in total. The molecule has 7 heteroatoms. The molecule has 0 heterocycles. The van der Waals surface area contributed by atoms with Gasteiger partial charge in [-0.2, -0.15) is 0 Å². The van der Waals surface area contributed by atoms with Crippen molar-refractivity contribution in [3.63, 3.8) is 0 Å². The number of rotatable bonds is 6. The Hall–Kier alpha value is -1.89. The standard InChI is InChI=1S/C16H24N2O4S/c1-12(19)14-7-5-6-13(10-14)11-18-15(20)17-8-9-23(21,22)16(2,3)4/h5-7,10H,8-9,11H2,1-4H3,(H2,17,18,20). The lowest BCUT2D eigenvalue weighted by Gasteiger charge is -2.19. The number of Topliss-reactive ketones (excluding diaryl/α,β-unsaturated/α-hetero) is 1. The molecule has 0 spiro atoms.